The standard InChI is InChI=1S/C22H25N3O4/c1-17-6-8-18(9-7-17)20(16-24-12-14-29-15-13-24)23-22(26)11-10-19-4-2-3-5-21(19)25(27)28/h2-11,20H,12-16H2,1H3,(H,23,26)/p+1/b11-10+/t20-/m1/s1. The smallest absolute Gasteiger partial charge is 0.276 e. The molecule has 0 saturated carbocycles. The van der Waals surface area contributed by atoms with Crippen LogP contribution in [0.3, 0.4) is 0 Å². The lowest BCUT2D eigenvalue weighted by molar-refractivity contribution is -0.909. The van der Waals surface area contributed by atoms with E-state index < -0.39 is 4.92 Å². The van der Waals surface area contributed by atoms with Crippen LogP contribution in [-0.2, 0) is 9.53 Å². The number of nitro groups is 1. The fourth-order valence-electron chi connectivity index (χ4n) is 3.38. The van der Waals surface area contributed by atoms with Gasteiger partial charge in [-0.05, 0) is 24.6 Å². The number of nitrogens with zero attached hydrogens (tertiary/aromatic N) is 1. The van der Waals surface area contributed by atoms with E-state index in [1.54, 1.807) is 18.2 Å². The first-order valence-corrected chi connectivity index (χ1v) is 9.73. The number of nitrogens with one attached hydrogen (secondary N) is 2. The topological polar surface area (TPSA) is 85.9 Å². The van der Waals surface area contributed by atoms with Gasteiger partial charge in [0.2, 0.25) is 5.91 Å². The normalized spacial score (nSPS) is 15.9. The molecule has 7 heteroatoms. The third-order valence-electron chi connectivity index (χ3n) is 5.04. The van der Waals surface area contributed by atoms with Gasteiger partial charge in [0.15, 0.2) is 0 Å². The number of amides is 1. The van der Waals surface area contributed by atoms with Crippen LogP contribution in [0.5, 0.6) is 0 Å². The van der Waals surface area contributed by atoms with Crippen LogP contribution in [0.4, 0.5) is 5.69 Å². The Hall–Kier alpha value is -3.03. The molecule has 1 atom stereocenters. The molecule has 2 aromatic carbocycles. The zero-order valence-corrected chi connectivity index (χ0v) is 16.5. The summed E-state index contributed by atoms with van der Waals surface area (Å²) >= 11 is 0. The van der Waals surface area contributed by atoms with Crippen LogP contribution in [0.25, 0.3) is 6.08 Å². The molecule has 0 radical (unpaired) electrons. The summed E-state index contributed by atoms with van der Waals surface area (Å²) in [4.78, 5) is 24.7. The minimum atomic E-state index is -0.450. The molecule has 29 heavy (non-hydrogen) atoms. The van der Waals surface area contributed by atoms with E-state index in [9.17, 15) is 14.9 Å². The van der Waals surface area contributed by atoms with Gasteiger partial charge >= 0.3 is 0 Å². The highest BCUT2D eigenvalue weighted by atomic mass is 16.6. The van der Waals surface area contributed by atoms with Gasteiger partial charge < -0.3 is 15.0 Å². The molecule has 0 spiro atoms. The number of morpholine rings is 1. The Kier molecular flexibility index (Phi) is 7.10. The van der Waals surface area contributed by atoms with Crippen molar-refractivity contribution in [3.63, 3.8) is 0 Å². The van der Waals surface area contributed by atoms with Crippen molar-refractivity contribution in [1.82, 2.24) is 5.32 Å². The lowest BCUT2D eigenvalue weighted by Crippen LogP contribution is -3.14. The SMILES string of the molecule is Cc1ccc([C@@H](C[NH+]2CCOCC2)NC(=O)/C=C/c2ccccc2[N+](=O)[O-])cc1. The molecular weight excluding hydrogens is 370 g/mol. The number of benzene rings is 2. The van der Waals surface area contributed by atoms with Crippen molar-refractivity contribution in [2.45, 2.75) is 13.0 Å². The van der Waals surface area contributed by atoms with Crippen LogP contribution in [-0.4, -0.2) is 43.7 Å². The molecule has 0 bridgehead atoms. The van der Waals surface area contributed by atoms with Crippen LogP contribution in [0.2, 0.25) is 0 Å². The molecule has 1 heterocycles. The van der Waals surface area contributed by atoms with Crippen molar-refractivity contribution >= 4 is 17.7 Å². The lowest BCUT2D eigenvalue weighted by Gasteiger charge is -2.28. The fourth-order valence-corrected chi connectivity index (χ4v) is 3.38. The maximum absolute atomic E-state index is 12.6. The van der Waals surface area contributed by atoms with Gasteiger partial charge in [-0.15, -0.1) is 0 Å². The van der Waals surface area contributed by atoms with Gasteiger partial charge in [0.25, 0.3) is 5.69 Å². The highest BCUT2D eigenvalue weighted by Crippen LogP contribution is 2.19. The zero-order valence-electron chi connectivity index (χ0n) is 16.5. The molecule has 1 fully saturated rings. The minimum Gasteiger partial charge on any atom is -0.370 e. The van der Waals surface area contributed by atoms with E-state index in [1.807, 2.05) is 31.2 Å². The second kappa shape index (κ2) is 9.95. The highest BCUT2D eigenvalue weighted by molar-refractivity contribution is 5.92. The monoisotopic (exact) mass is 396 g/mol. The van der Waals surface area contributed by atoms with Gasteiger partial charge in [0.05, 0.1) is 23.7 Å². The summed E-state index contributed by atoms with van der Waals surface area (Å²) in [5, 5.41) is 14.2. The third kappa shape index (κ3) is 5.97. The van der Waals surface area contributed by atoms with Crippen molar-refractivity contribution in [3.05, 3.63) is 81.4 Å². The largest absolute Gasteiger partial charge is 0.370 e. The molecule has 1 amide bonds. The Morgan fingerprint density at radius 2 is 1.90 bits per heavy atom. The van der Waals surface area contributed by atoms with Crippen LogP contribution in [0.15, 0.2) is 54.6 Å². The van der Waals surface area contributed by atoms with Gasteiger partial charge in [-0.3, -0.25) is 14.9 Å². The Morgan fingerprint density at radius 3 is 2.59 bits per heavy atom. The molecule has 1 aliphatic heterocycles. The summed E-state index contributed by atoms with van der Waals surface area (Å²) < 4.78 is 5.43. The fraction of sp³-hybridized carbons (Fsp3) is 0.318. The number of rotatable bonds is 7. The predicted molar refractivity (Wildman–Crippen MR) is 111 cm³/mol. The number of aryl methyl sites for hydroxylation is 1. The molecule has 3 rings (SSSR count). The van der Waals surface area contributed by atoms with E-state index in [-0.39, 0.29) is 17.6 Å². The van der Waals surface area contributed by atoms with E-state index in [4.69, 9.17) is 4.74 Å². The van der Waals surface area contributed by atoms with E-state index in [0.717, 1.165) is 44.0 Å². The van der Waals surface area contributed by atoms with E-state index >= 15 is 0 Å². The van der Waals surface area contributed by atoms with Crippen molar-refractivity contribution in [3.8, 4) is 0 Å². The summed E-state index contributed by atoms with van der Waals surface area (Å²) in [6.07, 6.45) is 2.85. The first-order chi connectivity index (χ1) is 14.0. The van der Waals surface area contributed by atoms with Crippen molar-refractivity contribution < 1.29 is 19.4 Å². The number of quaternary nitrogens is 1. The Morgan fingerprint density at radius 1 is 1.21 bits per heavy atom. The van der Waals surface area contributed by atoms with Crippen LogP contribution >= 0.6 is 0 Å². The molecule has 7 nitrogen and oxygen atoms in total. The molecule has 0 unspecified atom stereocenters. The molecule has 0 aromatic heterocycles. The summed E-state index contributed by atoms with van der Waals surface area (Å²) in [5.74, 6) is -0.276. The molecule has 1 saturated heterocycles. The van der Waals surface area contributed by atoms with Crippen molar-refractivity contribution in [2.24, 2.45) is 0 Å². The Labute approximate surface area is 170 Å². The summed E-state index contributed by atoms with van der Waals surface area (Å²) in [6, 6.07) is 14.4. The highest BCUT2D eigenvalue weighted by Gasteiger charge is 2.22. The van der Waals surface area contributed by atoms with Crippen molar-refractivity contribution in [1.29, 1.82) is 0 Å². The maximum Gasteiger partial charge on any atom is 0.276 e. The van der Waals surface area contributed by atoms with E-state index in [0.29, 0.717) is 5.56 Å². The Balaban J connectivity index is 1.73. The van der Waals surface area contributed by atoms with Gasteiger partial charge in [-0.25, -0.2) is 0 Å². The average molecular weight is 396 g/mol. The second-order valence-electron chi connectivity index (χ2n) is 7.19. The van der Waals surface area contributed by atoms with Crippen LogP contribution in [0, 0.1) is 17.0 Å². The molecule has 0 aliphatic carbocycles. The summed E-state index contributed by atoms with van der Waals surface area (Å²) in [5.41, 5.74) is 2.58. The van der Waals surface area contributed by atoms with E-state index in [2.05, 4.69) is 5.32 Å². The van der Waals surface area contributed by atoms with Gasteiger partial charge in [-0.2, -0.15) is 0 Å². The van der Waals surface area contributed by atoms with E-state index in [1.165, 1.54) is 23.1 Å². The number of para-hydroxylation sites is 1. The molecule has 1 aliphatic rings. The van der Waals surface area contributed by atoms with Gasteiger partial charge in [0.1, 0.15) is 25.7 Å². The van der Waals surface area contributed by atoms with Crippen LogP contribution < -0.4 is 10.2 Å². The molecule has 2 N–H and O–H groups in total. The van der Waals surface area contributed by atoms with Crippen molar-refractivity contribution in [2.75, 3.05) is 32.8 Å². The summed E-state index contributed by atoms with van der Waals surface area (Å²) in [6.45, 7) is 6.05. The summed E-state index contributed by atoms with van der Waals surface area (Å²) in [7, 11) is 0. The zero-order chi connectivity index (χ0) is 20.6. The number of hydrogen-bond donors (Lipinski definition) is 2. The van der Waals surface area contributed by atoms with Crippen LogP contribution in [0.1, 0.15) is 22.7 Å². The number of carbonyl (C=O) groups is 1. The van der Waals surface area contributed by atoms with Gasteiger partial charge in [-0.1, -0.05) is 42.0 Å². The first-order valence-electron chi connectivity index (χ1n) is 9.73. The maximum atomic E-state index is 12.6. The number of hydrogen-bond acceptors (Lipinski definition) is 4. The number of ether oxygens (including phenoxy) is 1. The second-order valence-corrected chi connectivity index (χ2v) is 7.19. The quantitative estimate of drug-likeness (QED) is 0.424. The predicted octanol–water partition coefficient (Wildman–Crippen LogP) is 1.69. The first kappa shape index (κ1) is 20.7. The molecule has 2 aromatic rings. The molecule has 152 valence electrons. The Bertz CT molecular complexity index is 874. The minimum absolute atomic E-state index is 0.0237. The lowest BCUT2D eigenvalue weighted by atomic mass is 10.0. The third-order valence-corrected chi connectivity index (χ3v) is 5.04. The number of nitro benzene ring substituents is 1. The molecular formula is C22H26N3O4+. The van der Waals surface area contributed by atoms with Gasteiger partial charge in [0, 0.05) is 12.1 Å². The number of carbonyl (C=O) groups excluding carboxylic acids is 1. The average Bonchev–Trinajstić information content (AvgIpc) is 2.73.